The Balaban J connectivity index is 1.51. The van der Waals surface area contributed by atoms with Gasteiger partial charge in [0.2, 0.25) is 5.91 Å². The fraction of sp³-hybridized carbons (Fsp3) is 0.273. The molecular formula is C22H19N2O7S-. The third-order valence-electron chi connectivity index (χ3n) is 5.25. The van der Waals surface area contributed by atoms with E-state index in [1.165, 1.54) is 12.1 Å². The Kier molecular flexibility index (Phi) is 6.15. The average Bonchev–Trinajstić information content (AvgIpc) is 3.34. The van der Waals surface area contributed by atoms with E-state index in [2.05, 4.69) is 0 Å². The lowest BCUT2D eigenvalue weighted by molar-refractivity contribution is -0.255. The number of carbonyl (C=O) groups excluding carboxylic acids is 4. The van der Waals surface area contributed by atoms with Crippen LogP contribution in [-0.4, -0.2) is 65.7 Å². The predicted molar refractivity (Wildman–Crippen MR) is 113 cm³/mol. The Morgan fingerprint density at radius 2 is 1.91 bits per heavy atom. The number of furan rings is 1. The van der Waals surface area contributed by atoms with Crippen molar-refractivity contribution in [3.63, 3.8) is 0 Å². The highest BCUT2D eigenvalue weighted by atomic mass is 32.2. The largest absolute Gasteiger partial charge is 0.545 e. The minimum atomic E-state index is -1.28. The lowest BCUT2D eigenvalue weighted by Gasteiger charge is -2.27. The number of carbonyl (C=O) groups is 4. The number of morpholine rings is 1. The SMILES string of the molecule is Cc1c(C(=O)[O-])cccc1-c1ccc(/C=C2\SC(=O)N(CC(=O)N3CCOCC3)C2=O)o1. The standard InChI is InChI=1S/C22H20N2O7S/c1-13-15(3-2-4-16(13)21(27)28)17-6-5-14(31-17)11-18-20(26)24(22(29)32-18)12-19(25)23-7-9-30-10-8-23/h2-6,11H,7-10,12H2,1H3,(H,27,28)/p-1/b18-11-. The zero-order valence-electron chi connectivity index (χ0n) is 17.2. The highest BCUT2D eigenvalue weighted by molar-refractivity contribution is 8.18. The van der Waals surface area contributed by atoms with Gasteiger partial charge in [-0.15, -0.1) is 0 Å². The molecule has 0 unspecified atom stereocenters. The summed E-state index contributed by atoms with van der Waals surface area (Å²) in [5, 5.41) is 10.7. The fourth-order valence-electron chi connectivity index (χ4n) is 3.51. The van der Waals surface area contributed by atoms with Crippen molar-refractivity contribution in [2.45, 2.75) is 6.92 Å². The quantitative estimate of drug-likeness (QED) is 0.623. The highest BCUT2D eigenvalue weighted by Crippen LogP contribution is 2.34. The van der Waals surface area contributed by atoms with Gasteiger partial charge in [0.25, 0.3) is 11.1 Å². The third-order valence-corrected chi connectivity index (χ3v) is 6.16. The summed E-state index contributed by atoms with van der Waals surface area (Å²) in [7, 11) is 0. The van der Waals surface area contributed by atoms with Crippen LogP contribution in [0.25, 0.3) is 17.4 Å². The number of nitrogens with zero attached hydrogens (tertiary/aromatic N) is 2. The summed E-state index contributed by atoms with van der Waals surface area (Å²) < 4.78 is 11.0. The van der Waals surface area contributed by atoms with Crippen molar-refractivity contribution in [3.8, 4) is 11.3 Å². The van der Waals surface area contributed by atoms with Gasteiger partial charge >= 0.3 is 0 Å². The van der Waals surface area contributed by atoms with E-state index >= 15 is 0 Å². The first-order valence-corrected chi connectivity index (χ1v) is 10.7. The van der Waals surface area contributed by atoms with Gasteiger partial charge in [0.1, 0.15) is 18.1 Å². The van der Waals surface area contributed by atoms with Crippen LogP contribution in [0.4, 0.5) is 4.79 Å². The molecule has 0 N–H and O–H groups in total. The van der Waals surface area contributed by atoms with Crippen molar-refractivity contribution in [2.75, 3.05) is 32.8 Å². The van der Waals surface area contributed by atoms with E-state index in [-0.39, 0.29) is 22.9 Å². The third kappa shape index (κ3) is 4.32. The molecular weight excluding hydrogens is 436 g/mol. The number of ether oxygens (including phenoxy) is 1. The van der Waals surface area contributed by atoms with Crippen molar-refractivity contribution in [1.29, 1.82) is 0 Å². The van der Waals surface area contributed by atoms with Crippen molar-refractivity contribution >= 4 is 40.9 Å². The van der Waals surface area contributed by atoms with Crippen LogP contribution in [0.15, 0.2) is 39.7 Å². The van der Waals surface area contributed by atoms with Crippen molar-refractivity contribution < 1.29 is 33.4 Å². The average molecular weight is 455 g/mol. The second kappa shape index (κ2) is 9.01. The summed E-state index contributed by atoms with van der Waals surface area (Å²) in [6, 6.07) is 8.03. The Morgan fingerprint density at radius 1 is 1.16 bits per heavy atom. The monoisotopic (exact) mass is 455 g/mol. The molecule has 0 aliphatic carbocycles. The Bertz CT molecular complexity index is 1130. The molecule has 0 spiro atoms. The second-order valence-electron chi connectivity index (χ2n) is 7.23. The molecule has 2 aliphatic rings. The number of hydrogen-bond donors (Lipinski definition) is 0. The normalized spacial score (nSPS) is 18.0. The molecule has 0 radical (unpaired) electrons. The van der Waals surface area contributed by atoms with Gasteiger partial charge in [-0.25, -0.2) is 0 Å². The van der Waals surface area contributed by atoms with Gasteiger partial charge in [-0.05, 0) is 36.4 Å². The van der Waals surface area contributed by atoms with Crippen LogP contribution in [-0.2, 0) is 14.3 Å². The van der Waals surface area contributed by atoms with Crippen LogP contribution in [0.3, 0.4) is 0 Å². The number of thioether (sulfide) groups is 1. The summed E-state index contributed by atoms with van der Waals surface area (Å²) in [6.45, 7) is 3.05. The van der Waals surface area contributed by atoms with E-state index in [9.17, 15) is 24.3 Å². The molecule has 1 aromatic heterocycles. The van der Waals surface area contributed by atoms with Gasteiger partial charge in [-0.1, -0.05) is 18.2 Å². The summed E-state index contributed by atoms with van der Waals surface area (Å²) >= 11 is 0.737. The van der Waals surface area contributed by atoms with E-state index in [1.807, 2.05) is 0 Å². The van der Waals surface area contributed by atoms with Crippen molar-refractivity contribution in [2.24, 2.45) is 0 Å². The molecule has 2 fully saturated rings. The first-order valence-electron chi connectivity index (χ1n) is 9.87. The van der Waals surface area contributed by atoms with Crippen LogP contribution in [0, 0.1) is 6.92 Å². The van der Waals surface area contributed by atoms with E-state index in [0.717, 1.165) is 16.7 Å². The van der Waals surface area contributed by atoms with E-state index < -0.39 is 17.1 Å². The van der Waals surface area contributed by atoms with Gasteiger partial charge < -0.3 is 24.0 Å². The zero-order valence-corrected chi connectivity index (χ0v) is 18.0. The summed E-state index contributed by atoms with van der Waals surface area (Å²) in [4.78, 5) is 51.3. The topological polar surface area (TPSA) is 120 Å². The molecule has 9 nitrogen and oxygen atoms in total. The van der Waals surface area contributed by atoms with Crippen LogP contribution in [0.2, 0.25) is 0 Å². The molecule has 32 heavy (non-hydrogen) atoms. The molecule has 4 rings (SSSR count). The maximum absolute atomic E-state index is 12.7. The zero-order chi connectivity index (χ0) is 22.8. The summed E-state index contributed by atoms with van der Waals surface area (Å²) in [6.07, 6.45) is 1.44. The molecule has 10 heteroatoms. The minimum absolute atomic E-state index is 0.0616. The molecule has 0 atom stereocenters. The molecule has 0 saturated carbocycles. The van der Waals surface area contributed by atoms with Crippen LogP contribution >= 0.6 is 11.8 Å². The highest BCUT2D eigenvalue weighted by Gasteiger charge is 2.37. The van der Waals surface area contributed by atoms with E-state index in [0.29, 0.717) is 49.0 Å². The van der Waals surface area contributed by atoms with Crippen LogP contribution in [0.1, 0.15) is 21.7 Å². The predicted octanol–water partition coefficient (Wildman–Crippen LogP) is 1.51. The lowest BCUT2D eigenvalue weighted by Crippen LogP contribution is -2.46. The fourth-order valence-corrected chi connectivity index (χ4v) is 4.33. The second-order valence-corrected chi connectivity index (χ2v) is 8.22. The maximum Gasteiger partial charge on any atom is 0.294 e. The van der Waals surface area contributed by atoms with Gasteiger partial charge in [0, 0.05) is 30.3 Å². The first-order chi connectivity index (χ1) is 15.3. The molecule has 2 saturated heterocycles. The molecule has 166 valence electrons. The Labute approximate surface area is 187 Å². The van der Waals surface area contributed by atoms with E-state index in [1.54, 1.807) is 36.1 Å². The maximum atomic E-state index is 12.7. The number of rotatable bonds is 5. The molecule has 3 heterocycles. The van der Waals surface area contributed by atoms with Gasteiger partial charge in [0.15, 0.2) is 0 Å². The minimum Gasteiger partial charge on any atom is -0.545 e. The van der Waals surface area contributed by atoms with E-state index in [4.69, 9.17) is 9.15 Å². The summed E-state index contributed by atoms with van der Waals surface area (Å²) in [5.41, 5.74) is 1.14. The number of benzene rings is 1. The van der Waals surface area contributed by atoms with Crippen molar-refractivity contribution in [3.05, 3.63) is 52.1 Å². The number of amides is 3. The van der Waals surface area contributed by atoms with Crippen LogP contribution < -0.4 is 5.11 Å². The molecule has 1 aromatic carbocycles. The lowest BCUT2D eigenvalue weighted by atomic mass is 10.0. The first kappa shape index (κ1) is 21.8. The molecule has 0 bridgehead atoms. The molecule has 3 amide bonds. The number of imide groups is 1. The number of aromatic carboxylic acids is 1. The Morgan fingerprint density at radius 3 is 2.62 bits per heavy atom. The smallest absolute Gasteiger partial charge is 0.294 e. The number of hydrogen-bond acceptors (Lipinski definition) is 8. The van der Waals surface area contributed by atoms with Crippen molar-refractivity contribution in [1.82, 2.24) is 9.80 Å². The molecule has 2 aromatic rings. The number of carboxylic acids is 1. The van der Waals surface area contributed by atoms with Gasteiger partial charge in [-0.3, -0.25) is 19.3 Å². The number of carboxylic acid groups (broad SMARTS) is 1. The summed E-state index contributed by atoms with van der Waals surface area (Å²) in [5.74, 6) is -1.41. The van der Waals surface area contributed by atoms with Gasteiger partial charge in [-0.2, -0.15) is 0 Å². The molecule has 2 aliphatic heterocycles. The Hall–Kier alpha value is -3.37. The van der Waals surface area contributed by atoms with Crippen LogP contribution in [0.5, 0.6) is 0 Å². The van der Waals surface area contributed by atoms with Gasteiger partial charge in [0.05, 0.1) is 24.1 Å².